The van der Waals surface area contributed by atoms with Gasteiger partial charge in [0.1, 0.15) is 5.82 Å². The van der Waals surface area contributed by atoms with Gasteiger partial charge in [0.25, 0.3) is 0 Å². The minimum Gasteiger partial charge on any atom is -0.385 e. The van der Waals surface area contributed by atoms with Gasteiger partial charge in [-0.2, -0.15) is 0 Å². The van der Waals surface area contributed by atoms with E-state index < -0.39 is 5.82 Å². The van der Waals surface area contributed by atoms with Gasteiger partial charge >= 0.3 is 0 Å². The maximum Gasteiger partial charge on any atom is 0.210 e. The number of hydrogen-bond donors (Lipinski definition) is 3. The molecule has 0 bridgehead atoms. The van der Waals surface area contributed by atoms with Crippen molar-refractivity contribution in [3.63, 3.8) is 0 Å². The Morgan fingerprint density at radius 2 is 2.28 bits per heavy atom. The summed E-state index contributed by atoms with van der Waals surface area (Å²) in [5, 5.41) is 3.14. The molecule has 1 aromatic carbocycles. The Labute approximate surface area is 110 Å². The number of nitrogens with zero attached hydrogens (tertiary/aromatic N) is 1. The van der Waals surface area contributed by atoms with Crippen LogP contribution < -0.4 is 16.6 Å². The number of guanidine groups is 1. The number of rotatable bonds is 5. The van der Waals surface area contributed by atoms with Gasteiger partial charge in [0.15, 0.2) is 0 Å². The van der Waals surface area contributed by atoms with Crippen LogP contribution in [0.3, 0.4) is 0 Å². The molecule has 5 nitrogen and oxygen atoms in total. The average molecular weight is 275 g/mol. The lowest BCUT2D eigenvalue weighted by molar-refractivity contribution is 0.197. The predicted octanol–water partition coefficient (Wildman–Crippen LogP) is 1.75. The highest BCUT2D eigenvalue weighted by Gasteiger charge is 2.01. The predicted molar refractivity (Wildman–Crippen MR) is 71.2 cm³/mol. The highest BCUT2D eigenvalue weighted by molar-refractivity contribution is 6.30. The zero-order valence-corrected chi connectivity index (χ0v) is 10.8. The van der Waals surface area contributed by atoms with Crippen LogP contribution in [0, 0.1) is 5.82 Å². The van der Waals surface area contributed by atoms with Crippen LogP contribution in [0.25, 0.3) is 0 Å². The zero-order valence-electron chi connectivity index (χ0n) is 10.0. The van der Waals surface area contributed by atoms with Gasteiger partial charge in [-0.15, -0.1) is 0 Å². The fraction of sp³-hybridized carbons (Fsp3) is 0.364. The number of ether oxygens (including phenoxy) is 1. The molecule has 0 amide bonds. The maximum absolute atomic E-state index is 13.1. The molecule has 4 N–H and O–H groups in total. The molecule has 0 aliphatic carbocycles. The lowest BCUT2D eigenvalue weighted by Gasteiger charge is -2.09. The van der Waals surface area contributed by atoms with E-state index in [0.717, 1.165) is 6.42 Å². The van der Waals surface area contributed by atoms with Crippen molar-refractivity contribution in [1.29, 1.82) is 0 Å². The first-order chi connectivity index (χ1) is 8.65. The molecular formula is C11H16ClFN4O. The zero-order chi connectivity index (χ0) is 13.4. The van der Waals surface area contributed by atoms with Crippen molar-refractivity contribution >= 4 is 23.2 Å². The van der Waals surface area contributed by atoms with Gasteiger partial charge in [0.05, 0.1) is 0 Å². The largest absolute Gasteiger partial charge is 0.385 e. The summed E-state index contributed by atoms with van der Waals surface area (Å²) < 4.78 is 18.0. The molecule has 0 spiro atoms. The summed E-state index contributed by atoms with van der Waals surface area (Å²) in [6, 6.07) is 4.10. The number of hydrogen-bond acceptors (Lipinski definition) is 3. The molecular weight excluding hydrogens is 259 g/mol. The molecule has 0 fully saturated rings. The second-order valence-corrected chi connectivity index (χ2v) is 3.94. The van der Waals surface area contributed by atoms with Crippen LogP contribution in [0.4, 0.5) is 10.1 Å². The molecule has 0 aliphatic heterocycles. The molecule has 0 saturated heterocycles. The molecule has 0 saturated carbocycles. The minimum atomic E-state index is -0.430. The number of hydrazine groups is 1. The lowest BCUT2D eigenvalue weighted by Crippen LogP contribution is -2.36. The van der Waals surface area contributed by atoms with Crippen LogP contribution in [0.2, 0.25) is 5.02 Å². The fourth-order valence-corrected chi connectivity index (χ4v) is 1.51. The number of nitrogens with two attached hydrogens (primary N) is 1. The number of nitrogens with one attached hydrogen (secondary N) is 2. The van der Waals surface area contributed by atoms with Gasteiger partial charge in [-0.25, -0.2) is 10.2 Å². The van der Waals surface area contributed by atoms with Crippen LogP contribution in [0.15, 0.2) is 23.2 Å². The van der Waals surface area contributed by atoms with E-state index in [1.165, 1.54) is 12.1 Å². The quantitative estimate of drug-likeness (QED) is 0.251. The second kappa shape index (κ2) is 7.86. The summed E-state index contributed by atoms with van der Waals surface area (Å²) in [4.78, 5) is 4.16. The van der Waals surface area contributed by atoms with E-state index in [0.29, 0.717) is 29.8 Å². The third-order valence-electron chi connectivity index (χ3n) is 2.04. The summed E-state index contributed by atoms with van der Waals surface area (Å²) in [7, 11) is 1.62. The minimum absolute atomic E-state index is 0.299. The highest BCUT2D eigenvalue weighted by atomic mass is 35.5. The van der Waals surface area contributed by atoms with Crippen molar-refractivity contribution in [1.82, 2.24) is 5.43 Å². The SMILES string of the molecule is COCCCN=C(NN)Nc1cc(F)cc(Cl)c1. The van der Waals surface area contributed by atoms with Gasteiger partial charge in [-0.3, -0.25) is 10.4 Å². The number of anilines is 1. The van der Waals surface area contributed by atoms with E-state index in [1.54, 1.807) is 13.2 Å². The van der Waals surface area contributed by atoms with Crippen molar-refractivity contribution in [2.24, 2.45) is 10.8 Å². The van der Waals surface area contributed by atoms with Gasteiger partial charge in [0, 0.05) is 31.0 Å². The Bertz CT molecular complexity index is 394. The van der Waals surface area contributed by atoms with Crippen LogP contribution >= 0.6 is 11.6 Å². The normalized spacial score (nSPS) is 11.4. The van der Waals surface area contributed by atoms with E-state index in [4.69, 9.17) is 22.2 Å². The van der Waals surface area contributed by atoms with Crippen LogP contribution in [-0.2, 0) is 4.74 Å². The Balaban J connectivity index is 2.61. The highest BCUT2D eigenvalue weighted by Crippen LogP contribution is 2.17. The van der Waals surface area contributed by atoms with E-state index in [9.17, 15) is 4.39 Å². The molecule has 0 atom stereocenters. The first-order valence-corrected chi connectivity index (χ1v) is 5.76. The molecule has 100 valence electrons. The molecule has 7 heteroatoms. The Hall–Kier alpha value is -1.37. The van der Waals surface area contributed by atoms with Gasteiger partial charge in [0.2, 0.25) is 5.96 Å². The topological polar surface area (TPSA) is 71.7 Å². The standard InChI is InChI=1S/C11H16ClFN4O/c1-18-4-2-3-15-11(17-14)16-10-6-8(12)5-9(13)7-10/h5-7H,2-4,14H2,1H3,(H2,15,16,17). The second-order valence-electron chi connectivity index (χ2n) is 3.50. The smallest absolute Gasteiger partial charge is 0.210 e. The third kappa shape index (κ3) is 5.31. The number of halogens is 2. The van der Waals surface area contributed by atoms with E-state index in [-0.39, 0.29) is 0 Å². The lowest BCUT2D eigenvalue weighted by atomic mass is 10.3. The molecule has 1 aromatic rings. The fourth-order valence-electron chi connectivity index (χ4n) is 1.28. The van der Waals surface area contributed by atoms with Crippen molar-refractivity contribution in [2.45, 2.75) is 6.42 Å². The van der Waals surface area contributed by atoms with Gasteiger partial charge in [-0.1, -0.05) is 11.6 Å². The monoisotopic (exact) mass is 274 g/mol. The molecule has 0 unspecified atom stereocenters. The van der Waals surface area contributed by atoms with E-state index in [2.05, 4.69) is 15.7 Å². The molecule has 18 heavy (non-hydrogen) atoms. The van der Waals surface area contributed by atoms with E-state index in [1.807, 2.05) is 0 Å². The first kappa shape index (κ1) is 14.7. The summed E-state index contributed by atoms with van der Waals surface area (Å²) >= 11 is 5.73. The number of methoxy groups -OCH3 is 1. The summed E-state index contributed by atoms with van der Waals surface area (Å²) in [6.07, 6.45) is 0.771. The first-order valence-electron chi connectivity index (χ1n) is 5.39. The maximum atomic E-state index is 13.1. The van der Waals surface area contributed by atoms with Crippen molar-refractivity contribution in [3.8, 4) is 0 Å². The summed E-state index contributed by atoms with van der Waals surface area (Å²) in [5.41, 5.74) is 2.87. The molecule has 0 aromatic heterocycles. The Morgan fingerprint density at radius 1 is 1.50 bits per heavy atom. The third-order valence-corrected chi connectivity index (χ3v) is 2.26. The molecule has 1 rings (SSSR count). The Kier molecular flexibility index (Phi) is 6.42. The molecule has 0 radical (unpaired) electrons. The van der Waals surface area contributed by atoms with Gasteiger partial charge < -0.3 is 10.1 Å². The van der Waals surface area contributed by atoms with Crippen molar-refractivity contribution in [2.75, 3.05) is 25.6 Å². The van der Waals surface area contributed by atoms with E-state index >= 15 is 0 Å². The average Bonchev–Trinajstić information content (AvgIpc) is 2.32. The molecule has 0 heterocycles. The van der Waals surface area contributed by atoms with Crippen molar-refractivity contribution < 1.29 is 9.13 Å². The van der Waals surface area contributed by atoms with Crippen LogP contribution in [0.5, 0.6) is 0 Å². The number of benzene rings is 1. The van der Waals surface area contributed by atoms with Gasteiger partial charge in [-0.05, 0) is 24.6 Å². The summed E-state index contributed by atoms with van der Waals surface area (Å²) in [6.45, 7) is 1.16. The number of aliphatic imine (C=N–C) groups is 1. The Morgan fingerprint density at radius 3 is 2.89 bits per heavy atom. The van der Waals surface area contributed by atoms with Crippen LogP contribution in [0.1, 0.15) is 6.42 Å². The van der Waals surface area contributed by atoms with Crippen molar-refractivity contribution in [3.05, 3.63) is 29.0 Å². The summed E-state index contributed by atoms with van der Waals surface area (Å²) in [5.74, 6) is 5.22. The van der Waals surface area contributed by atoms with Crippen LogP contribution in [-0.4, -0.2) is 26.2 Å². The molecule has 0 aliphatic rings.